The summed E-state index contributed by atoms with van der Waals surface area (Å²) < 4.78 is 6.50. The normalized spacial score (nSPS) is 10.7. The Morgan fingerprint density at radius 3 is 2.93 bits per heavy atom. The van der Waals surface area contributed by atoms with Crippen LogP contribution in [0.15, 0.2) is 22.4 Å². The van der Waals surface area contributed by atoms with Crippen LogP contribution in [-0.2, 0) is 0 Å². The highest BCUT2D eigenvalue weighted by molar-refractivity contribution is 7.98. The quantitative estimate of drug-likeness (QED) is 0.629. The Hall–Kier alpha value is -0.870. The van der Waals surface area contributed by atoms with Crippen LogP contribution in [0.1, 0.15) is 0 Å². The van der Waals surface area contributed by atoms with Crippen LogP contribution in [-0.4, -0.2) is 13.4 Å². The minimum absolute atomic E-state index is 0.833. The van der Waals surface area contributed by atoms with Crippen molar-refractivity contribution in [1.29, 1.82) is 0 Å². The molecule has 0 amide bonds. The van der Waals surface area contributed by atoms with Gasteiger partial charge >= 0.3 is 0 Å². The molecule has 0 saturated carbocycles. The van der Waals surface area contributed by atoms with Crippen molar-refractivity contribution >= 4 is 38.9 Å². The molecule has 4 heteroatoms. The predicted octanol–water partition coefficient (Wildman–Crippen LogP) is 3.21. The van der Waals surface area contributed by atoms with Gasteiger partial charge in [-0.3, -0.25) is 0 Å². The summed E-state index contributed by atoms with van der Waals surface area (Å²) in [6.45, 7) is 0. The van der Waals surface area contributed by atoms with E-state index in [1.54, 1.807) is 30.2 Å². The number of hydrogen-bond donors (Lipinski definition) is 1. The molecule has 2 nitrogen and oxygen atoms in total. The number of benzene rings is 1. The van der Waals surface area contributed by atoms with Gasteiger partial charge in [-0.15, -0.1) is 23.1 Å². The number of anilines is 1. The first-order valence-electron chi connectivity index (χ1n) is 4.15. The van der Waals surface area contributed by atoms with E-state index in [0.717, 1.165) is 26.4 Å². The summed E-state index contributed by atoms with van der Waals surface area (Å²) >= 11 is 3.30. The number of nitrogens with two attached hydrogens (primary N) is 1. The molecular formula is C10H11NOS2. The molecule has 2 N–H and O–H groups in total. The third-order valence-electron chi connectivity index (χ3n) is 2.11. The van der Waals surface area contributed by atoms with Crippen molar-refractivity contribution in [3.63, 3.8) is 0 Å². The molecule has 14 heavy (non-hydrogen) atoms. The number of nitrogen functional groups attached to an aromatic ring is 1. The van der Waals surface area contributed by atoms with Crippen LogP contribution in [0, 0.1) is 0 Å². The highest BCUT2D eigenvalue weighted by atomic mass is 32.2. The molecule has 0 aliphatic heterocycles. The summed E-state index contributed by atoms with van der Waals surface area (Å²) in [5, 5.41) is 3.15. The average molecular weight is 225 g/mol. The second-order valence-electron chi connectivity index (χ2n) is 2.86. The summed E-state index contributed by atoms with van der Waals surface area (Å²) in [6, 6.07) is 4.03. The van der Waals surface area contributed by atoms with Crippen molar-refractivity contribution < 1.29 is 4.74 Å². The first-order valence-corrected chi connectivity index (χ1v) is 6.26. The minimum Gasteiger partial charge on any atom is -0.495 e. The SMILES string of the molecule is COc1c(SC)cc(N)c2sccc12. The highest BCUT2D eigenvalue weighted by Crippen LogP contribution is 2.40. The average Bonchev–Trinajstić information content (AvgIpc) is 2.66. The van der Waals surface area contributed by atoms with E-state index in [-0.39, 0.29) is 0 Å². The third-order valence-corrected chi connectivity index (χ3v) is 3.81. The lowest BCUT2D eigenvalue weighted by Crippen LogP contribution is -1.91. The Bertz CT molecular complexity index is 464. The fraction of sp³-hybridized carbons (Fsp3) is 0.200. The fourth-order valence-corrected chi connectivity index (χ4v) is 2.93. The molecule has 0 spiro atoms. The molecule has 0 aliphatic carbocycles. The van der Waals surface area contributed by atoms with Gasteiger partial charge in [-0.25, -0.2) is 0 Å². The summed E-state index contributed by atoms with van der Waals surface area (Å²) in [7, 11) is 1.70. The van der Waals surface area contributed by atoms with Crippen molar-refractivity contribution in [2.75, 3.05) is 19.1 Å². The summed E-state index contributed by atoms with van der Waals surface area (Å²) in [6.07, 6.45) is 2.02. The van der Waals surface area contributed by atoms with Gasteiger partial charge in [-0.05, 0) is 23.8 Å². The van der Waals surface area contributed by atoms with Gasteiger partial charge < -0.3 is 10.5 Å². The van der Waals surface area contributed by atoms with Crippen LogP contribution in [0.4, 0.5) is 5.69 Å². The van der Waals surface area contributed by atoms with E-state index in [0.29, 0.717) is 0 Å². The zero-order chi connectivity index (χ0) is 10.1. The Morgan fingerprint density at radius 2 is 2.29 bits per heavy atom. The maximum Gasteiger partial charge on any atom is 0.141 e. The number of rotatable bonds is 2. The Labute approximate surface area is 91.1 Å². The molecule has 0 aliphatic rings. The van der Waals surface area contributed by atoms with Gasteiger partial charge in [-0.1, -0.05) is 0 Å². The zero-order valence-electron chi connectivity index (χ0n) is 8.03. The molecule has 1 aromatic heterocycles. The molecule has 2 aromatic rings. The fourth-order valence-electron chi connectivity index (χ4n) is 1.48. The number of methoxy groups -OCH3 is 1. The molecule has 0 saturated heterocycles. The molecule has 1 aromatic carbocycles. The molecular weight excluding hydrogens is 214 g/mol. The predicted molar refractivity (Wildman–Crippen MR) is 64.6 cm³/mol. The molecule has 0 atom stereocenters. The second kappa shape index (κ2) is 3.71. The molecule has 0 fully saturated rings. The van der Waals surface area contributed by atoms with Crippen molar-refractivity contribution in [2.24, 2.45) is 0 Å². The standard InChI is InChI=1S/C10H11NOS2/c1-12-9-6-3-4-14-10(6)7(11)5-8(9)13-2/h3-5H,11H2,1-2H3. The van der Waals surface area contributed by atoms with Gasteiger partial charge in [0.1, 0.15) is 5.75 Å². The second-order valence-corrected chi connectivity index (χ2v) is 4.63. The van der Waals surface area contributed by atoms with Crippen LogP contribution in [0.25, 0.3) is 10.1 Å². The van der Waals surface area contributed by atoms with Crippen LogP contribution in [0.3, 0.4) is 0 Å². The first-order chi connectivity index (χ1) is 6.77. The van der Waals surface area contributed by atoms with Crippen LogP contribution >= 0.6 is 23.1 Å². The van der Waals surface area contributed by atoms with Gasteiger partial charge in [0.2, 0.25) is 0 Å². The smallest absolute Gasteiger partial charge is 0.141 e. The van der Waals surface area contributed by atoms with E-state index in [9.17, 15) is 0 Å². The van der Waals surface area contributed by atoms with Crippen molar-refractivity contribution in [2.45, 2.75) is 4.90 Å². The Morgan fingerprint density at radius 1 is 1.50 bits per heavy atom. The molecule has 0 radical (unpaired) electrons. The summed E-state index contributed by atoms with van der Waals surface area (Å²) in [5.41, 5.74) is 6.78. The monoisotopic (exact) mass is 225 g/mol. The third kappa shape index (κ3) is 1.35. The van der Waals surface area contributed by atoms with Crippen molar-refractivity contribution in [1.82, 2.24) is 0 Å². The molecule has 0 unspecified atom stereocenters. The molecule has 1 heterocycles. The molecule has 0 bridgehead atoms. The van der Waals surface area contributed by atoms with Crippen LogP contribution < -0.4 is 10.5 Å². The van der Waals surface area contributed by atoms with E-state index >= 15 is 0 Å². The van der Waals surface area contributed by atoms with Gasteiger partial charge in [0.15, 0.2) is 0 Å². The zero-order valence-corrected chi connectivity index (χ0v) is 9.67. The number of fused-ring (bicyclic) bond motifs is 1. The Balaban J connectivity index is 2.82. The van der Waals surface area contributed by atoms with E-state index in [1.807, 2.05) is 17.7 Å². The van der Waals surface area contributed by atoms with Gasteiger partial charge in [0.25, 0.3) is 0 Å². The number of hydrogen-bond acceptors (Lipinski definition) is 4. The summed E-state index contributed by atoms with van der Waals surface area (Å²) in [5.74, 6) is 0.933. The minimum atomic E-state index is 0.833. The van der Waals surface area contributed by atoms with Crippen molar-refractivity contribution in [3.05, 3.63) is 17.5 Å². The molecule has 2 rings (SSSR count). The molecule has 74 valence electrons. The van der Waals surface area contributed by atoms with Gasteiger partial charge in [0, 0.05) is 5.39 Å². The van der Waals surface area contributed by atoms with Crippen LogP contribution in [0.5, 0.6) is 5.75 Å². The van der Waals surface area contributed by atoms with Gasteiger partial charge in [-0.2, -0.15) is 0 Å². The van der Waals surface area contributed by atoms with E-state index in [2.05, 4.69) is 6.07 Å². The van der Waals surface area contributed by atoms with Gasteiger partial charge in [0.05, 0.1) is 22.4 Å². The first kappa shape index (κ1) is 9.68. The lowest BCUT2D eigenvalue weighted by atomic mass is 10.2. The van der Waals surface area contributed by atoms with E-state index in [4.69, 9.17) is 10.5 Å². The summed E-state index contributed by atoms with van der Waals surface area (Å²) in [4.78, 5) is 1.09. The number of ether oxygens (including phenoxy) is 1. The lowest BCUT2D eigenvalue weighted by molar-refractivity contribution is 0.410. The lowest BCUT2D eigenvalue weighted by Gasteiger charge is -2.09. The maximum atomic E-state index is 5.94. The van der Waals surface area contributed by atoms with Crippen molar-refractivity contribution in [3.8, 4) is 5.75 Å². The maximum absolute atomic E-state index is 5.94. The largest absolute Gasteiger partial charge is 0.495 e. The highest BCUT2D eigenvalue weighted by Gasteiger charge is 2.11. The number of thiophene rings is 1. The van der Waals surface area contributed by atoms with Crippen LogP contribution in [0.2, 0.25) is 0 Å². The number of thioether (sulfide) groups is 1. The van der Waals surface area contributed by atoms with E-state index in [1.165, 1.54) is 0 Å². The topological polar surface area (TPSA) is 35.2 Å². The van der Waals surface area contributed by atoms with E-state index < -0.39 is 0 Å². The Kier molecular flexibility index (Phi) is 2.56.